The zero-order valence-corrected chi connectivity index (χ0v) is 8.50. The summed E-state index contributed by atoms with van der Waals surface area (Å²) in [5, 5.41) is 0.676. The fourth-order valence-corrected chi connectivity index (χ4v) is 2.29. The predicted octanol–water partition coefficient (Wildman–Crippen LogP) is 1.58. The van der Waals surface area contributed by atoms with E-state index in [0.29, 0.717) is 9.22 Å². The molecule has 0 amide bonds. The number of hydrogen-bond acceptors (Lipinski definition) is 4. The third kappa shape index (κ3) is 1.92. The van der Waals surface area contributed by atoms with Crippen LogP contribution in [0.2, 0.25) is 0 Å². The number of hydrogen-bond donors (Lipinski definition) is 0. The molecule has 0 unspecified atom stereocenters. The molecular weight excluding hydrogens is 194 g/mol. The highest BCUT2D eigenvalue weighted by Gasteiger charge is 2.11. The minimum absolute atomic E-state index is 0.292. The monoisotopic (exact) mass is 203 g/mol. The van der Waals surface area contributed by atoms with Crippen LogP contribution in [0.25, 0.3) is 5.57 Å². The van der Waals surface area contributed by atoms with Gasteiger partial charge in [-0.25, -0.2) is 13.4 Å². The first-order valence-corrected chi connectivity index (χ1v) is 5.94. The van der Waals surface area contributed by atoms with E-state index in [9.17, 15) is 8.42 Å². The van der Waals surface area contributed by atoms with Crippen LogP contribution in [0.3, 0.4) is 0 Å². The van der Waals surface area contributed by atoms with E-state index in [1.165, 1.54) is 12.5 Å². The van der Waals surface area contributed by atoms with Crippen LogP contribution in [0, 0.1) is 0 Å². The zero-order valence-electron chi connectivity index (χ0n) is 6.86. The molecule has 0 saturated heterocycles. The fraction of sp³-hybridized carbons (Fsp3) is 0.286. The van der Waals surface area contributed by atoms with Gasteiger partial charge in [0.2, 0.25) is 0 Å². The molecule has 0 bridgehead atoms. The van der Waals surface area contributed by atoms with Crippen LogP contribution < -0.4 is 0 Å². The van der Waals surface area contributed by atoms with Crippen molar-refractivity contribution >= 4 is 26.7 Å². The Hall–Kier alpha value is -0.680. The summed E-state index contributed by atoms with van der Waals surface area (Å²) < 4.78 is 22.3. The molecule has 0 N–H and O–H groups in total. The Kier molecular flexibility index (Phi) is 2.34. The highest BCUT2D eigenvalue weighted by molar-refractivity contribution is 7.92. The number of nitrogens with zero attached hydrogens (tertiary/aromatic N) is 1. The van der Waals surface area contributed by atoms with Crippen molar-refractivity contribution in [2.24, 2.45) is 0 Å². The molecule has 66 valence electrons. The van der Waals surface area contributed by atoms with Gasteiger partial charge in [-0.05, 0) is 12.5 Å². The molecule has 0 aliphatic heterocycles. The molecular formula is C7H9NO2S2. The quantitative estimate of drug-likeness (QED) is 0.733. The van der Waals surface area contributed by atoms with E-state index in [1.807, 2.05) is 0 Å². The van der Waals surface area contributed by atoms with Crippen LogP contribution in [0.5, 0.6) is 0 Å². The summed E-state index contributed by atoms with van der Waals surface area (Å²) in [6, 6.07) is 0. The molecule has 1 aromatic heterocycles. The first-order valence-electron chi connectivity index (χ1n) is 3.23. The summed E-state index contributed by atoms with van der Waals surface area (Å²) in [6.07, 6.45) is 2.53. The average molecular weight is 203 g/mol. The van der Waals surface area contributed by atoms with Crippen molar-refractivity contribution in [1.82, 2.24) is 4.98 Å². The van der Waals surface area contributed by atoms with Gasteiger partial charge in [0, 0.05) is 6.26 Å². The second kappa shape index (κ2) is 2.99. The van der Waals surface area contributed by atoms with E-state index in [1.54, 1.807) is 6.92 Å². The SMILES string of the molecule is C=C(C)c1ncc(S(C)(=O)=O)s1. The van der Waals surface area contributed by atoms with E-state index in [-0.39, 0.29) is 0 Å². The van der Waals surface area contributed by atoms with E-state index in [4.69, 9.17) is 0 Å². The van der Waals surface area contributed by atoms with Gasteiger partial charge in [-0.2, -0.15) is 0 Å². The molecule has 3 nitrogen and oxygen atoms in total. The minimum atomic E-state index is -3.10. The molecule has 0 spiro atoms. The van der Waals surface area contributed by atoms with Crippen molar-refractivity contribution in [2.45, 2.75) is 11.1 Å². The van der Waals surface area contributed by atoms with Crippen LogP contribution in [0.1, 0.15) is 11.9 Å². The van der Waals surface area contributed by atoms with Gasteiger partial charge in [0.15, 0.2) is 9.84 Å². The van der Waals surface area contributed by atoms with Crippen molar-refractivity contribution < 1.29 is 8.42 Å². The highest BCUT2D eigenvalue weighted by atomic mass is 32.2. The molecule has 0 aliphatic rings. The van der Waals surface area contributed by atoms with Crippen molar-refractivity contribution in [3.05, 3.63) is 17.8 Å². The first-order chi connectivity index (χ1) is 5.41. The molecule has 1 heterocycles. The van der Waals surface area contributed by atoms with Gasteiger partial charge in [0.05, 0.1) is 6.20 Å². The van der Waals surface area contributed by atoms with Gasteiger partial charge < -0.3 is 0 Å². The second-order valence-corrected chi connectivity index (χ2v) is 5.81. The third-order valence-electron chi connectivity index (χ3n) is 1.22. The lowest BCUT2D eigenvalue weighted by Crippen LogP contribution is -1.91. The maximum Gasteiger partial charge on any atom is 0.186 e. The molecule has 0 saturated carbocycles. The Morgan fingerprint density at radius 1 is 1.67 bits per heavy atom. The molecule has 0 aliphatic carbocycles. The number of allylic oxidation sites excluding steroid dienone is 1. The Bertz CT molecular complexity index is 403. The standard InChI is InChI=1S/C7H9NO2S2/c1-5(2)7-8-4-6(11-7)12(3,9)10/h4H,1H2,2-3H3. The number of sulfone groups is 1. The van der Waals surface area contributed by atoms with E-state index in [0.717, 1.165) is 16.9 Å². The maximum atomic E-state index is 11.0. The Balaban J connectivity index is 3.17. The van der Waals surface area contributed by atoms with Crippen molar-refractivity contribution in [2.75, 3.05) is 6.26 Å². The molecule has 1 aromatic rings. The Morgan fingerprint density at radius 3 is 2.50 bits per heavy atom. The normalized spacial score (nSPS) is 11.5. The summed E-state index contributed by atoms with van der Waals surface area (Å²) in [6.45, 7) is 5.47. The van der Waals surface area contributed by atoms with Gasteiger partial charge in [-0.3, -0.25) is 0 Å². The number of aromatic nitrogens is 1. The molecule has 0 aromatic carbocycles. The van der Waals surface area contributed by atoms with Crippen molar-refractivity contribution in [3.63, 3.8) is 0 Å². The highest BCUT2D eigenvalue weighted by Crippen LogP contribution is 2.22. The van der Waals surface area contributed by atoms with Crippen molar-refractivity contribution in [3.8, 4) is 0 Å². The number of thiazole rings is 1. The van der Waals surface area contributed by atoms with E-state index < -0.39 is 9.84 Å². The molecule has 5 heteroatoms. The predicted molar refractivity (Wildman–Crippen MR) is 49.9 cm³/mol. The lowest BCUT2D eigenvalue weighted by Gasteiger charge is -1.88. The summed E-state index contributed by atoms with van der Waals surface area (Å²) in [4.78, 5) is 3.92. The largest absolute Gasteiger partial charge is 0.244 e. The van der Waals surface area contributed by atoms with Crippen LogP contribution in [-0.2, 0) is 9.84 Å². The van der Waals surface area contributed by atoms with Crippen LogP contribution >= 0.6 is 11.3 Å². The van der Waals surface area contributed by atoms with Gasteiger partial charge >= 0.3 is 0 Å². The molecule has 0 atom stereocenters. The first kappa shape index (κ1) is 9.41. The van der Waals surface area contributed by atoms with Crippen LogP contribution in [-0.4, -0.2) is 19.7 Å². The van der Waals surface area contributed by atoms with Crippen LogP contribution in [0.4, 0.5) is 0 Å². The van der Waals surface area contributed by atoms with E-state index >= 15 is 0 Å². The topological polar surface area (TPSA) is 47.0 Å². The minimum Gasteiger partial charge on any atom is -0.244 e. The van der Waals surface area contributed by atoms with Gasteiger partial charge in [0.25, 0.3) is 0 Å². The van der Waals surface area contributed by atoms with E-state index in [2.05, 4.69) is 11.6 Å². The van der Waals surface area contributed by atoms with Gasteiger partial charge in [0.1, 0.15) is 9.22 Å². The lowest BCUT2D eigenvalue weighted by molar-refractivity contribution is 0.603. The summed E-state index contributed by atoms with van der Waals surface area (Å²) in [7, 11) is -3.10. The van der Waals surface area contributed by atoms with Crippen molar-refractivity contribution in [1.29, 1.82) is 0 Å². The fourth-order valence-electron chi connectivity index (χ4n) is 0.628. The average Bonchev–Trinajstić information content (AvgIpc) is 2.30. The van der Waals surface area contributed by atoms with Gasteiger partial charge in [-0.15, -0.1) is 11.3 Å². The third-order valence-corrected chi connectivity index (χ3v) is 4.16. The molecule has 12 heavy (non-hydrogen) atoms. The Labute approximate surface area is 75.7 Å². The number of rotatable bonds is 2. The summed E-state index contributed by atoms with van der Waals surface area (Å²) in [5.41, 5.74) is 0.787. The maximum absolute atomic E-state index is 11.0. The summed E-state index contributed by atoms with van der Waals surface area (Å²) in [5.74, 6) is 0. The smallest absolute Gasteiger partial charge is 0.186 e. The zero-order chi connectivity index (χ0) is 9.35. The molecule has 1 rings (SSSR count). The molecule has 0 fully saturated rings. The second-order valence-electron chi connectivity index (χ2n) is 2.54. The molecule has 0 radical (unpaired) electrons. The Morgan fingerprint density at radius 2 is 2.25 bits per heavy atom. The van der Waals surface area contributed by atoms with Crippen LogP contribution in [0.15, 0.2) is 17.0 Å². The lowest BCUT2D eigenvalue weighted by atomic mass is 10.4. The summed E-state index contributed by atoms with van der Waals surface area (Å²) >= 11 is 1.15. The van der Waals surface area contributed by atoms with Gasteiger partial charge in [-0.1, -0.05) is 6.58 Å².